The summed E-state index contributed by atoms with van der Waals surface area (Å²) in [5.74, 6) is -0.0465. The number of carbonyl (C=O) groups excluding carboxylic acids is 1. The summed E-state index contributed by atoms with van der Waals surface area (Å²) in [6.45, 7) is 3.73. The molecule has 0 bridgehead atoms. The van der Waals surface area contributed by atoms with E-state index >= 15 is 0 Å². The van der Waals surface area contributed by atoms with E-state index in [9.17, 15) is 13.2 Å². The average molecular weight is 423 g/mol. The predicted molar refractivity (Wildman–Crippen MR) is 107 cm³/mol. The van der Waals surface area contributed by atoms with Crippen LogP contribution in [0.2, 0.25) is 5.02 Å². The van der Waals surface area contributed by atoms with Gasteiger partial charge in [0.25, 0.3) is 0 Å². The number of carbonyl (C=O) groups is 1. The molecular weight excluding hydrogens is 400 g/mol. The molecule has 0 radical (unpaired) electrons. The van der Waals surface area contributed by atoms with E-state index in [0.29, 0.717) is 18.1 Å². The van der Waals surface area contributed by atoms with E-state index in [-0.39, 0.29) is 23.8 Å². The van der Waals surface area contributed by atoms with Gasteiger partial charge in [0.05, 0.1) is 4.90 Å². The van der Waals surface area contributed by atoms with Crippen molar-refractivity contribution >= 4 is 27.5 Å². The topological polar surface area (TPSA) is 82.6 Å². The maximum Gasteiger partial charge on any atom is 0.240 e. The van der Waals surface area contributed by atoms with Gasteiger partial charge in [-0.1, -0.05) is 23.7 Å². The number of piperazine rings is 1. The van der Waals surface area contributed by atoms with Crippen LogP contribution in [0.15, 0.2) is 53.7 Å². The van der Waals surface area contributed by atoms with E-state index in [1.165, 1.54) is 12.1 Å². The van der Waals surface area contributed by atoms with Crippen molar-refractivity contribution in [3.8, 4) is 0 Å². The SMILES string of the molecule is O=C(CCNS(=O)(=O)c1cccc(Cl)c1)N1CCN(Cc2cccnc2)CC1. The summed E-state index contributed by atoms with van der Waals surface area (Å²) in [7, 11) is -3.67. The number of aromatic nitrogens is 1. The van der Waals surface area contributed by atoms with Crippen molar-refractivity contribution in [1.29, 1.82) is 0 Å². The number of sulfonamides is 1. The number of hydrogen-bond acceptors (Lipinski definition) is 5. The van der Waals surface area contributed by atoms with Gasteiger partial charge in [-0.2, -0.15) is 0 Å². The second-order valence-corrected chi connectivity index (χ2v) is 8.83. The summed E-state index contributed by atoms with van der Waals surface area (Å²) < 4.78 is 27.0. The quantitative estimate of drug-likeness (QED) is 0.735. The van der Waals surface area contributed by atoms with Crippen molar-refractivity contribution in [2.24, 2.45) is 0 Å². The lowest BCUT2D eigenvalue weighted by molar-refractivity contribution is -0.132. The highest BCUT2D eigenvalue weighted by Crippen LogP contribution is 2.15. The van der Waals surface area contributed by atoms with Gasteiger partial charge in [-0.05, 0) is 29.8 Å². The van der Waals surface area contributed by atoms with Gasteiger partial charge in [0.2, 0.25) is 15.9 Å². The molecular formula is C19H23ClN4O3S. The highest BCUT2D eigenvalue weighted by atomic mass is 35.5. The maximum absolute atomic E-state index is 12.4. The minimum atomic E-state index is -3.67. The van der Waals surface area contributed by atoms with Crippen molar-refractivity contribution in [1.82, 2.24) is 19.5 Å². The Morgan fingerprint density at radius 1 is 1.14 bits per heavy atom. The Kier molecular flexibility index (Phi) is 7.01. The van der Waals surface area contributed by atoms with E-state index in [1.54, 1.807) is 23.2 Å². The third-order valence-corrected chi connectivity index (χ3v) is 6.29. The van der Waals surface area contributed by atoms with Crippen molar-refractivity contribution in [2.75, 3.05) is 32.7 Å². The first-order valence-corrected chi connectivity index (χ1v) is 10.9. The van der Waals surface area contributed by atoms with Crippen LogP contribution < -0.4 is 4.72 Å². The number of halogens is 1. The summed E-state index contributed by atoms with van der Waals surface area (Å²) in [6, 6.07) is 9.99. The molecule has 1 aromatic heterocycles. The van der Waals surface area contributed by atoms with Crippen LogP contribution in [0.3, 0.4) is 0 Å². The number of nitrogens with one attached hydrogen (secondary N) is 1. The van der Waals surface area contributed by atoms with Gasteiger partial charge in [-0.25, -0.2) is 13.1 Å². The number of pyridine rings is 1. The number of benzene rings is 1. The van der Waals surface area contributed by atoms with E-state index in [2.05, 4.69) is 14.6 Å². The van der Waals surface area contributed by atoms with Crippen LogP contribution >= 0.6 is 11.6 Å². The van der Waals surface area contributed by atoms with Gasteiger partial charge >= 0.3 is 0 Å². The third-order valence-electron chi connectivity index (χ3n) is 4.59. The first kappa shape index (κ1) is 20.7. The Morgan fingerprint density at radius 3 is 2.61 bits per heavy atom. The predicted octanol–water partition coefficient (Wildman–Crippen LogP) is 1.75. The summed E-state index contributed by atoms with van der Waals surface area (Å²) in [6.07, 6.45) is 3.73. The fourth-order valence-electron chi connectivity index (χ4n) is 3.07. The number of rotatable bonds is 7. The molecule has 2 aromatic rings. The second-order valence-electron chi connectivity index (χ2n) is 6.62. The van der Waals surface area contributed by atoms with Crippen molar-refractivity contribution < 1.29 is 13.2 Å². The number of nitrogens with zero attached hydrogens (tertiary/aromatic N) is 3. The summed E-state index contributed by atoms with van der Waals surface area (Å²) in [5, 5.41) is 0.350. The molecule has 28 heavy (non-hydrogen) atoms. The highest BCUT2D eigenvalue weighted by Gasteiger charge is 2.22. The van der Waals surface area contributed by atoms with Crippen LogP contribution in [0.4, 0.5) is 0 Å². The van der Waals surface area contributed by atoms with Gasteiger partial charge in [0.1, 0.15) is 0 Å². The Bertz CT molecular complexity index is 900. The largest absolute Gasteiger partial charge is 0.340 e. The lowest BCUT2D eigenvalue weighted by Gasteiger charge is -2.34. The Hall–Kier alpha value is -2.00. The molecule has 3 rings (SSSR count). The normalized spacial score (nSPS) is 15.5. The Labute approximate surface area is 170 Å². The zero-order valence-corrected chi connectivity index (χ0v) is 17.0. The standard InChI is InChI=1S/C19H23ClN4O3S/c20-17-4-1-5-18(13-17)28(26,27)22-8-6-19(25)24-11-9-23(10-12-24)15-16-3-2-7-21-14-16/h1-5,7,13-14,22H,6,8-12,15H2. The maximum atomic E-state index is 12.4. The van der Waals surface area contributed by atoms with Gasteiger partial charge in [-0.15, -0.1) is 0 Å². The average Bonchev–Trinajstić information content (AvgIpc) is 2.69. The van der Waals surface area contributed by atoms with Gasteiger partial charge in [-0.3, -0.25) is 14.7 Å². The smallest absolute Gasteiger partial charge is 0.240 e. The van der Waals surface area contributed by atoms with Crippen LogP contribution in [0.5, 0.6) is 0 Å². The lowest BCUT2D eigenvalue weighted by Crippen LogP contribution is -2.48. The van der Waals surface area contributed by atoms with E-state index < -0.39 is 10.0 Å². The molecule has 1 aliphatic rings. The van der Waals surface area contributed by atoms with E-state index in [4.69, 9.17) is 11.6 Å². The molecule has 0 saturated carbocycles. The minimum Gasteiger partial charge on any atom is -0.340 e. The third kappa shape index (κ3) is 5.75. The molecule has 0 atom stereocenters. The highest BCUT2D eigenvalue weighted by molar-refractivity contribution is 7.89. The van der Waals surface area contributed by atoms with Crippen LogP contribution in [0, 0.1) is 0 Å². The first-order valence-electron chi connectivity index (χ1n) is 9.08. The number of amides is 1. The molecule has 0 spiro atoms. The molecule has 1 saturated heterocycles. The molecule has 1 aromatic carbocycles. The molecule has 1 fully saturated rings. The van der Waals surface area contributed by atoms with Crippen molar-refractivity contribution in [2.45, 2.75) is 17.9 Å². The van der Waals surface area contributed by atoms with Gasteiger partial charge in [0, 0.05) is 63.1 Å². The lowest BCUT2D eigenvalue weighted by atomic mass is 10.2. The second kappa shape index (κ2) is 9.47. The summed E-state index contributed by atoms with van der Waals surface area (Å²) >= 11 is 5.84. The molecule has 150 valence electrons. The zero-order valence-electron chi connectivity index (χ0n) is 15.4. The minimum absolute atomic E-state index is 0.0465. The molecule has 1 aliphatic heterocycles. The van der Waals surface area contributed by atoms with Crippen LogP contribution in [0.25, 0.3) is 0 Å². The number of hydrogen-bond donors (Lipinski definition) is 1. The molecule has 0 aliphatic carbocycles. The van der Waals surface area contributed by atoms with E-state index in [0.717, 1.165) is 25.2 Å². The Balaban J connectivity index is 1.42. The Morgan fingerprint density at radius 2 is 1.93 bits per heavy atom. The molecule has 0 unspecified atom stereocenters. The fraction of sp³-hybridized carbons (Fsp3) is 0.368. The van der Waals surface area contributed by atoms with Crippen LogP contribution in [-0.4, -0.2) is 61.8 Å². The van der Waals surface area contributed by atoms with Crippen molar-refractivity contribution in [3.63, 3.8) is 0 Å². The monoisotopic (exact) mass is 422 g/mol. The zero-order chi connectivity index (χ0) is 20.0. The van der Waals surface area contributed by atoms with E-state index in [1.807, 2.05) is 18.3 Å². The molecule has 7 nitrogen and oxygen atoms in total. The van der Waals surface area contributed by atoms with Crippen LogP contribution in [-0.2, 0) is 21.4 Å². The molecule has 1 N–H and O–H groups in total. The summed E-state index contributed by atoms with van der Waals surface area (Å²) in [5.41, 5.74) is 1.15. The fourth-order valence-corrected chi connectivity index (χ4v) is 4.41. The van der Waals surface area contributed by atoms with Crippen LogP contribution in [0.1, 0.15) is 12.0 Å². The summed E-state index contributed by atoms with van der Waals surface area (Å²) in [4.78, 5) is 20.7. The van der Waals surface area contributed by atoms with Gasteiger partial charge < -0.3 is 4.90 Å². The molecule has 2 heterocycles. The molecule has 9 heteroatoms. The molecule has 1 amide bonds. The van der Waals surface area contributed by atoms with Crippen molar-refractivity contribution in [3.05, 3.63) is 59.4 Å². The van der Waals surface area contributed by atoms with Gasteiger partial charge in [0.15, 0.2) is 0 Å². The first-order chi connectivity index (χ1) is 13.4.